The molecule has 0 N–H and O–H groups in total. The summed E-state index contributed by atoms with van der Waals surface area (Å²) in [6, 6.07) is 9.48. The number of piperidine rings is 1. The van der Waals surface area contributed by atoms with Crippen LogP contribution in [0.25, 0.3) is 10.9 Å². The smallest absolute Gasteiger partial charge is 0.387 e. The number of amides is 1. The van der Waals surface area contributed by atoms with Crippen LogP contribution in [0, 0.1) is 0 Å². The van der Waals surface area contributed by atoms with Crippen molar-refractivity contribution in [3.05, 3.63) is 54.0 Å². The van der Waals surface area contributed by atoms with Crippen molar-refractivity contribution in [1.29, 1.82) is 0 Å². The standard InChI is InChI=1S/C23H23F2N3O4/c1-30-19-11-17-18(12-20(19)31-2)26-13-27-21(17)14-7-9-28(10-8-14)22(29)15-3-5-16(6-4-15)32-23(24)25/h3-6,11-14,23H,7-10H2,1-2H3. The number of rotatable bonds is 6. The molecule has 4 rings (SSSR count). The number of hydrogen-bond acceptors (Lipinski definition) is 6. The number of alkyl halides is 2. The molecule has 2 aromatic carbocycles. The zero-order valence-electron chi connectivity index (χ0n) is 17.8. The number of carbonyl (C=O) groups excluding carboxylic acids is 1. The molecule has 1 aliphatic rings. The average molecular weight is 443 g/mol. The Morgan fingerprint density at radius 2 is 1.69 bits per heavy atom. The van der Waals surface area contributed by atoms with Gasteiger partial charge in [0.1, 0.15) is 12.1 Å². The molecule has 2 heterocycles. The second kappa shape index (κ2) is 9.33. The molecule has 0 bridgehead atoms. The van der Waals surface area contributed by atoms with Gasteiger partial charge in [0.25, 0.3) is 5.91 Å². The van der Waals surface area contributed by atoms with Gasteiger partial charge >= 0.3 is 6.61 Å². The van der Waals surface area contributed by atoms with E-state index in [2.05, 4.69) is 14.7 Å². The summed E-state index contributed by atoms with van der Waals surface area (Å²) in [4.78, 5) is 23.5. The minimum Gasteiger partial charge on any atom is -0.493 e. The van der Waals surface area contributed by atoms with Gasteiger partial charge in [-0.15, -0.1) is 0 Å². The molecule has 7 nitrogen and oxygen atoms in total. The van der Waals surface area contributed by atoms with E-state index < -0.39 is 6.61 Å². The lowest BCUT2D eigenvalue weighted by Crippen LogP contribution is -2.38. The summed E-state index contributed by atoms with van der Waals surface area (Å²) < 4.78 is 39.7. The van der Waals surface area contributed by atoms with Crippen molar-refractivity contribution in [3.8, 4) is 17.2 Å². The molecule has 9 heteroatoms. The molecule has 0 saturated carbocycles. The number of carbonyl (C=O) groups is 1. The lowest BCUT2D eigenvalue weighted by molar-refractivity contribution is -0.0498. The molecular weight excluding hydrogens is 420 g/mol. The van der Waals surface area contributed by atoms with Crippen LogP contribution in [0.1, 0.15) is 34.8 Å². The van der Waals surface area contributed by atoms with E-state index in [1.54, 1.807) is 25.4 Å². The fourth-order valence-corrected chi connectivity index (χ4v) is 4.05. The first-order valence-corrected chi connectivity index (χ1v) is 10.2. The third-order valence-corrected chi connectivity index (χ3v) is 5.67. The molecule has 1 aliphatic heterocycles. The van der Waals surface area contributed by atoms with Gasteiger partial charge in [0.15, 0.2) is 11.5 Å². The van der Waals surface area contributed by atoms with Gasteiger partial charge < -0.3 is 19.1 Å². The second-order valence-electron chi connectivity index (χ2n) is 7.45. The number of likely N-dealkylation sites (tertiary alicyclic amines) is 1. The van der Waals surface area contributed by atoms with Crippen LogP contribution in [-0.4, -0.2) is 54.7 Å². The predicted molar refractivity (Wildman–Crippen MR) is 114 cm³/mol. The second-order valence-corrected chi connectivity index (χ2v) is 7.45. The zero-order chi connectivity index (χ0) is 22.7. The van der Waals surface area contributed by atoms with Crippen molar-refractivity contribution >= 4 is 16.8 Å². The monoisotopic (exact) mass is 443 g/mol. The molecule has 1 amide bonds. The number of benzene rings is 2. The average Bonchev–Trinajstić information content (AvgIpc) is 2.82. The van der Waals surface area contributed by atoms with Crippen molar-refractivity contribution in [2.75, 3.05) is 27.3 Å². The maximum Gasteiger partial charge on any atom is 0.387 e. The van der Waals surface area contributed by atoms with E-state index in [1.165, 1.54) is 24.3 Å². The van der Waals surface area contributed by atoms with E-state index in [0.29, 0.717) is 30.2 Å². The summed E-state index contributed by atoms with van der Waals surface area (Å²) in [5, 5.41) is 0.907. The van der Waals surface area contributed by atoms with Gasteiger partial charge in [-0.1, -0.05) is 0 Å². The first-order chi connectivity index (χ1) is 15.5. The van der Waals surface area contributed by atoms with E-state index in [0.717, 1.165) is 29.4 Å². The Balaban J connectivity index is 1.48. The van der Waals surface area contributed by atoms with Crippen molar-refractivity contribution in [2.45, 2.75) is 25.4 Å². The van der Waals surface area contributed by atoms with Crippen molar-refractivity contribution < 1.29 is 27.8 Å². The summed E-state index contributed by atoms with van der Waals surface area (Å²) in [7, 11) is 3.17. The molecule has 0 radical (unpaired) electrons. The molecule has 32 heavy (non-hydrogen) atoms. The Morgan fingerprint density at radius 3 is 2.31 bits per heavy atom. The predicted octanol–water partition coefficient (Wildman–Crippen LogP) is 4.27. The highest BCUT2D eigenvalue weighted by Crippen LogP contribution is 2.36. The van der Waals surface area contributed by atoms with E-state index in [9.17, 15) is 13.6 Å². The molecule has 0 atom stereocenters. The first kappa shape index (κ1) is 21.7. The number of hydrogen-bond donors (Lipinski definition) is 0. The Labute approximate surface area is 183 Å². The fourth-order valence-electron chi connectivity index (χ4n) is 4.05. The van der Waals surface area contributed by atoms with Gasteiger partial charge in [0.2, 0.25) is 0 Å². The Hall–Kier alpha value is -3.49. The third kappa shape index (κ3) is 4.42. The maximum atomic E-state index is 12.8. The highest BCUT2D eigenvalue weighted by Gasteiger charge is 2.27. The van der Waals surface area contributed by atoms with Gasteiger partial charge in [-0.3, -0.25) is 4.79 Å². The SMILES string of the molecule is COc1cc2ncnc(C3CCN(C(=O)c4ccc(OC(F)F)cc4)CC3)c2cc1OC. The Morgan fingerprint density at radius 1 is 1.03 bits per heavy atom. The van der Waals surface area contributed by atoms with Gasteiger partial charge in [-0.05, 0) is 43.2 Å². The molecule has 0 spiro atoms. The van der Waals surface area contributed by atoms with E-state index in [1.807, 2.05) is 12.1 Å². The molecule has 3 aromatic rings. The van der Waals surface area contributed by atoms with Crippen LogP contribution >= 0.6 is 0 Å². The van der Waals surface area contributed by atoms with Gasteiger partial charge in [0, 0.05) is 36.0 Å². The first-order valence-electron chi connectivity index (χ1n) is 10.2. The molecular formula is C23H23F2N3O4. The number of halogens is 2. The van der Waals surface area contributed by atoms with Crippen LogP contribution in [-0.2, 0) is 0 Å². The lowest BCUT2D eigenvalue weighted by atomic mass is 9.90. The van der Waals surface area contributed by atoms with Crippen molar-refractivity contribution in [1.82, 2.24) is 14.9 Å². The molecule has 1 saturated heterocycles. The van der Waals surface area contributed by atoms with Gasteiger partial charge in [-0.25, -0.2) is 9.97 Å². The summed E-state index contributed by atoms with van der Waals surface area (Å²) in [5.74, 6) is 1.28. The van der Waals surface area contributed by atoms with Crippen molar-refractivity contribution in [2.24, 2.45) is 0 Å². The molecule has 1 fully saturated rings. The number of nitrogens with zero attached hydrogens (tertiary/aromatic N) is 3. The molecule has 0 unspecified atom stereocenters. The number of aromatic nitrogens is 2. The van der Waals surface area contributed by atoms with E-state index >= 15 is 0 Å². The van der Waals surface area contributed by atoms with Crippen molar-refractivity contribution in [3.63, 3.8) is 0 Å². The Kier molecular flexibility index (Phi) is 6.34. The quantitative estimate of drug-likeness (QED) is 0.567. The maximum absolute atomic E-state index is 12.8. The van der Waals surface area contributed by atoms with Crippen LogP contribution in [0.3, 0.4) is 0 Å². The van der Waals surface area contributed by atoms with Crippen LogP contribution < -0.4 is 14.2 Å². The molecule has 168 valence electrons. The largest absolute Gasteiger partial charge is 0.493 e. The number of methoxy groups -OCH3 is 2. The highest BCUT2D eigenvalue weighted by atomic mass is 19.3. The van der Waals surface area contributed by atoms with Crippen LogP contribution in [0.4, 0.5) is 8.78 Å². The number of fused-ring (bicyclic) bond motifs is 1. The number of ether oxygens (including phenoxy) is 3. The molecule has 0 aliphatic carbocycles. The summed E-state index contributed by atoms with van der Waals surface area (Å²) in [6.07, 6.45) is 3.04. The lowest BCUT2D eigenvalue weighted by Gasteiger charge is -2.32. The van der Waals surface area contributed by atoms with Crippen LogP contribution in [0.5, 0.6) is 17.2 Å². The summed E-state index contributed by atoms with van der Waals surface area (Å²) >= 11 is 0. The van der Waals surface area contributed by atoms with Crippen LogP contribution in [0.15, 0.2) is 42.7 Å². The zero-order valence-corrected chi connectivity index (χ0v) is 17.8. The third-order valence-electron chi connectivity index (χ3n) is 5.67. The molecule has 1 aromatic heterocycles. The van der Waals surface area contributed by atoms with E-state index in [4.69, 9.17) is 9.47 Å². The fraction of sp³-hybridized carbons (Fsp3) is 0.348. The van der Waals surface area contributed by atoms with E-state index in [-0.39, 0.29) is 17.6 Å². The topological polar surface area (TPSA) is 73.8 Å². The summed E-state index contributed by atoms with van der Waals surface area (Å²) in [6.45, 7) is -1.76. The summed E-state index contributed by atoms with van der Waals surface area (Å²) in [5.41, 5.74) is 2.14. The minimum atomic E-state index is -2.89. The highest BCUT2D eigenvalue weighted by molar-refractivity contribution is 5.94. The minimum absolute atomic E-state index is 0.0259. The van der Waals surface area contributed by atoms with Crippen LogP contribution in [0.2, 0.25) is 0 Å². The van der Waals surface area contributed by atoms with Gasteiger partial charge in [0.05, 0.1) is 25.4 Å². The normalized spacial score (nSPS) is 14.6. The Bertz CT molecular complexity index is 1100. The van der Waals surface area contributed by atoms with Gasteiger partial charge in [-0.2, -0.15) is 8.78 Å².